The van der Waals surface area contributed by atoms with E-state index in [1.54, 1.807) is 18.2 Å². The number of carbonyl (C=O) groups excluding carboxylic acids is 1. The van der Waals surface area contributed by atoms with E-state index in [-0.39, 0.29) is 23.3 Å². The Hall–Kier alpha value is -3.62. The van der Waals surface area contributed by atoms with Gasteiger partial charge in [-0.25, -0.2) is 4.98 Å². The molecule has 0 bridgehead atoms. The van der Waals surface area contributed by atoms with E-state index in [9.17, 15) is 9.59 Å². The van der Waals surface area contributed by atoms with Crippen LogP contribution >= 0.6 is 0 Å². The summed E-state index contributed by atoms with van der Waals surface area (Å²) in [5, 5.41) is 7.51. The predicted octanol–water partition coefficient (Wildman–Crippen LogP) is 3.23. The van der Waals surface area contributed by atoms with Crippen molar-refractivity contribution in [2.75, 3.05) is 19.5 Å². The Bertz CT molecular complexity index is 1180. The first-order valence-electron chi connectivity index (χ1n) is 10.1. The number of hydrogen-bond acceptors (Lipinski definition) is 6. The van der Waals surface area contributed by atoms with Crippen molar-refractivity contribution in [3.63, 3.8) is 0 Å². The van der Waals surface area contributed by atoms with Crippen LogP contribution in [0.25, 0.3) is 5.95 Å². The van der Waals surface area contributed by atoms with Gasteiger partial charge in [0.15, 0.2) is 11.5 Å². The molecule has 2 heterocycles. The second-order valence-electron chi connectivity index (χ2n) is 7.78. The number of aromatic amines is 1. The summed E-state index contributed by atoms with van der Waals surface area (Å²) in [5.41, 5.74) is 1.54. The molecule has 1 aliphatic rings. The maximum Gasteiger partial charge on any atom is 0.260 e. The summed E-state index contributed by atoms with van der Waals surface area (Å²) >= 11 is 0. The standard InChI is InChI=1S/C22H25N5O4/c1-12(2)15-11-19(28)25-22(23-15)27-18(10-16(26-27)13-8-9-13)24-21(29)14-6-5-7-17(30-3)20(14)31-4/h5-7,10-13H,8-9H2,1-4H3,(H,24,29)(H,23,25,28). The molecule has 1 aliphatic carbocycles. The lowest BCUT2D eigenvalue weighted by Gasteiger charge is -2.13. The van der Waals surface area contributed by atoms with Crippen molar-refractivity contribution >= 4 is 11.7 Å². The third-order valence-corrected chi connectivity index (χ3v) is 5.15. The van der Waals surface area contributed by atoms with Crippen LogP contribution in [0.4, 0.5) is 5.82 Å². The Labute approximate surface area is 179 Å². The molecule has 1 aromatic carbocycles. The van der Waals surface area contributed by atoms with E-state index < -0.39 is 0 Å². The van der Waals surface area contributed by atoms with Crippen LogP contribution in [0.1, 0.15) is 60.3 Å². The number of nitrogens with one attached hydrogen (secondary N) is 2. The van der Waals surface area contributed by atoms with Crippen LogP contribution in [0, 0.1) is 0 Å². The van der Waals surface area contributed by atoms with Crippen LogP contribution in [-0.4, -0.2) is 39.9 Å². The number of aromatic nitrogens is 4. The Morgan fingerprint density at radius 1 is 1.23 bits per heavy atom. The molecule has 2 N–H and O–H groups in total. The van der Waals surface area contributed by atoms with Gasteiger partial charge in [-0.3, -0.25) is 14.6 Å². The number of carbonyl (C=O) groups is 1. The molecule has 9 heteroatoms. The van der Waals surface area contributed by atoms with Crippen LogP contribution in [0.3, 0.4) is 0 Å². The van der Waals surface area contributed by atoms with Crippen LogP contribution in [0.2, 0.25) is 0 Å². The van der Waals surface area contributed by atoms with Gasteiger partial charge < -0.3 is 14.8 Å². The van der Waals surface area contributed by atoms with Gasteiger partial charge in [-0.15, -0.1) is 0 Å². The summed E-state index contributed by atoms with van der Waals surface area (Å²) in [6.07, 6.45) is 2.09. The zero-order chi connectivity index (χ0) is 22.1. The summed E-state index contributed by atoms with van der Waals surface area (Å²) in [6.45, 7) is 3.92. The minimum atomic E-state index is -0.387. The van der Waals surface area contributed by atoms with Gasteiger partial charge in [0.2, 0.25) is 5.95 Å². The largest absolute Gasteiger partial charge is 0.493 e. The topological polar surface area (TPSA) is 111 Å². The fourth-order valence-corrected chi connectivity index (χ4v) is 3.34. The van der Waals surface area contributed by atoms with Gasteiger partial charge in [-0.05, 0) is 30.9 Å². The maximum atomic E-state index is 13.1. The Kier molecular flexibility index (Phi) is 5.50. The van der Waals surface area contributed by atoms with Crippen molar-refractivity contribution in [1.82, 2.24) is 19.7 Å². The second-order valence-corrected chi connectivity index (χ2v) is 7.78. The third kappa shape index (κ3) is 4.16. The second kappa shape index (κ2) is 8.25. The van der Waals surface area contributed by atoms with Crippen LogP contribution in [0.15, 0.2) is 35.1 Å². The van der Waals surface area contributed by atoms with Gasteiger partial charge in [-0.1, -0.05) is 19.9 Å². The van der Waals surface area contributed by atoms with Crippen molar-refractivity contribution in [1.29, 1.82) is 0 Å². The summed E-state index contributed by atoms with van der Waals surface area (Å²) in [7, 11) is 3.00. The minimum absolute atomic E-state index is 0.0681. The normalized spacial score (nSPS) is 13.3. The van der Waals surface area contributed by atoms with E-state index in [1.165, 1.54) is 25.0 Å². The first kappa shape index (κ1) is 20.6. The van der Waals surface area contributed by atoms with Crippen molar-refractivity contribution in [3.05, 3.63) is 57.6 Å². The summed E-state index contributed by atoms with van der Waals surface area (Å²) in [6, 6.07) is 8.38. The Morgan fingerprint density at radius 3 is 2.65 bits per heavy atom. The highest BCUT2D eigenvalue weighted by atomic mass is 16.5. The number of methoxy groups -OCH3 is 2. The van der Waals surface area contributed by atoms with Crippen LogP contribution in [-0.2, 0) is 0 Å². The number of benzene rings is 1. The van der Waals surface area contributed by atoms with Gasteiger partial charge >= 0.3 is 0 Å². The Morgan fingerprint density at radius 2 is 2.00 bits per heavy atom. The van der Waals surface area contributed by atoms with E-state index in [2.05, 4.69) is 20.4 Å². The van der Waals surface area contributed by atoms with Crippen LogP contribution < -0.4 is 20.3 Å². The summed E-state index contributed by atoms with van der Waals surface area (Å²) in [4.78, 5) is 32.6. The number of amides is 1. The molecule has 162 valence electrons. The fraction of sp³-hybridized carbons (Fsp3) is 0.364. The first-order chi connectivity index (χ1) is 14.9. The lowest BCUT2D eigenvalue weighted by atomic mass is 10.1. The molecule has 0 atom stereocenters. The Balaban J connectivity index is 1.75. The van der Waals surface area contributed by atoms with E-state index >= 15 is 0 Å². The zero-order valence-corrected chi connectivity index (χ0v) is 17.9. The summed E-state index contributed by atoms with van der Waals surface area (Å²) in [5.74, 6) is 1.50. The van der Waals surface area contributed by atoms with Gasteiger partial charge in [0.25, 0.3) is 11.5 Å². The molecule has 0 radical (unpaired) electrons. The number of anilines is 1. The number of rotatable bonds is 7. The van der Waals surface area contributed by atoms with Crippen molar-refractivity contribution in [2.24, 2.45) is 0 Å². The SMILES string of the molecule is COc1cccc(C(=O)Nc2cc(C3CC3)nn2-c2nc(C(C)C)cc(=O)[nH]2)c1OC. The number of nitrogens with zero attached hydrogens (tertiary/aromatic N) is 3. The zero-order valence-electron chi connectivity index (χ0n) is 17.9. The molecule has 9 nitrogen and oxygen atoms in total. The van der Waals surface area contributed by atoms with Crippen molar-refractivity contribution in [2.45, 2.75) is 38.5 Å². The number of hydrogen-bond donors (Lipinski definition) is 2. The highest BCUT2D eigenvalue weighted by molar-refractivity contribution is 6.06. The number of H-pyrrole nitrogens is 1. The monoisotopic (exact) mass is 423 g/mol. The molecule has 0 unspecified atom stereocenters. The molecule has 1 amide bonds. The minimum Gasteiger partial charge on any atom is -0.493 e. The average molecular weight is 423 g/mol. The molecule has 0 saturated heterocycles. The predicted molar refractivity (Wildman–Crippen MR) is 116 cm³/mol. The average Bonchev–Trinajstić information content (AvgIpc) is 3.53. The fourth-order valence-electron chi connectivity index (χ4n) is 3.34. The number of para-hydroxylation sites is 1. The van der Waals surface area contributed by atoms with Crippen molar-refractivity contribution < 1.29 is 14.3 Å². The number of ether oxygens (including phenoxy) is 2. The molecule has 0 aliphatic heterocycles. The molecule has 31 heavy (non-hydrogen) atoms. The summed E-state index contributed by atoms with van der Waals surface area (Å²) < 4.78 is 12.2. The molecular weight excluding hydrogens is 398 g/mol. The lowest BCUT2D eigenvalue weighted by Crippen LogP contribution is -2.20. The van der Waals surface area contributed by atoms with Gasteiger partial charge in [0.1, 0.15) is 5.82 Å². The van der Waals surface area contributed by atoms with Crippen LogP contribution in [0.5, 0.6) is 11.5 Å². The molecule has 1 fully saturated rings. The van der Waals surface area contributed by atoms with E-state index in [0.717, 1.165) is 18.5 Å². The molecular formula is C22H25N5O4. The van der Waals surface area contributed by atoms with E-state index in [0.29, 0.717) is 34.5 Å². The molecule has 0 spiro atoms. The van der Waals surface area contributed by atoms with Gasteiger partial charge in [-0.2, -0.15) is 9.78 Å². The third-order valence-electron chi connectivity index (χ3n) is 5.15. The van der Waals surface area contributed by atoms with E-state index in [1.807, 2.05) is 19.9 Å². The lowest BCUT2D eigenvalue weighted by molar-refractivity contribution is 0.102. The maximum absolute atomic E-state index is 13.1. The van der Waals surface area contributed by atoms with Gasteiger partial charge in [0.05, 0.1) is 31.2 Å². The van der Waals surface area contributed by atoms with E-state index in [4.69, 9.17) is 9.47 Å². The van der Waals surface area contributed by atoms with Gasteiger partial charge in [0, 0.05) is 18.1 Å². The highest BCUT2D eigenvalue weighted by Crippen LogP contribution is 2.40. The quantitative estimate of drug-likeness (QED) is 0.604. The molecule has 3 aromatic rings. The first-order valence-corrected chi connectivity index (χ1v) is 10.1. The molecule has 1 saturated carbocycles. The smallest absolute Gasteiger partial charge is 0.260 e. The van der Waals surface area contributed by atoms with Crippen molar-refractivity contribution in [3.8, 4) is 17.4 Å². The molecule has 4 rings (SSSR count). The highest BCUT2D eigenvalue weighted by Gasteiger charge is 2.29. The molecule has 2 aromatic heterocycles.